The number of aromatic amines is 1. The smallest absolute Gasteiger partial charge is 0.285 e. The first kappa shape index (κ1) is 21.8. The zero-order valence-corrected chi connectivity index (χ0v) is 18.3. The lowest BCUT2D eigenvalue weighted by molar-refractivity contribution is -0.0444. The summed E-state index contributed by atoms with van der Waals surface area (Å²) in [4.78, 5) is 20.1. The van der Waals surface area contributed by atoms with Crippen LogP contribution in [0.3, 0.4) is 0 Å². The zero-order valence-electron chi connectivity index (χ0n) is 17.5. The summed E-state index contributed by atoms with van der Waals surface area (Å²) < 4.78 is 34.2. The van der Waals surface area contributed by atoms with Gasteiger partial charge in [-0.25, -0.2) is 18.9 Å². The predicted molar refractivity (Wildman–Crippen MR) is 116 cm³/mol. The Morgan fingerprint density at radius 3 is 2.97 bits per heavy atom. The van der Waals surface area contributed by atoms with Crippen LogP contribution in [0.5, 0.6) is 5.88 Å². The van der Waals surface area contributed by atoms with Crippen molar-refractivity contribution in [2.45, 2.75) is 63.6 Å². The Hall–Kier alpha value is -2.42. The van der Waals surface area contributed by atoms with Crippen LogP contribution in [-0.2, 0) is 0 Å². The molecule has 31 heavy (non-hydrogen) atoms. The van der Waals surface area contributed by atoms with Gasteiger partial charge in [0.25, 0.3) is 11.5 Å². The van der Waals surface area contributed by atoms with Crippen LogP contribution in [0.25, 0.3) is 0 Å². The second-order valence-corrected chi connectivity index (χ2v) is 8.69. The number of ether oxygens (including phenoxy) is 1. The van der Waals surface area contributed by atoms with Crippen molar-refractivity contribution in [1.29, 1.82) is 0 Å². The van der Waals surface area contributed by atoms with Gasteiger partial charge in [0.15, 0.2) is 0 Å². The molecule has 2 fully saturated rings. The van der Waals surface area contributed by atoms with E-state index in [0.717, 1.165) is 12.1 Å². The molecule has 0 saturated carbocycles. The minimum absolute atomic E-state index is 0.109. The number of nitrogens with one attached hydrogen (secondary N) is 1. The van der Waals surface area contributed by atoms with Crippen molar-refractivity contribution in [1.82, 2.24) is 15.2 Å². The van der Waals surface area contributed by atoms with Crippen molar-refractivity contribution >= 4 is 23.0 Å². The fourth-order valence-corrected chi connectivity index (χ4v) is 4.87. The lowest BCUT2D eigenvalue weighted by Crippen LogP contribution is -2.52. The summed E-state index contributed by atoms with van der Waals surface area (Å²) in [6.07, 6.45) is 4.12. The molecule has 0 radical (unpaired) electrons. The Bertz CT molecular complexity index is 988. The van der Waals surface area contributed by atoms with E-state index >= 15 is 0 Å². The van der Waals surface area contributed by atoms with Crippen LogP contribution >= 0.6 is 11.6 Å². The predicted octanol–water partition coefficient (Wildman–Crippen LogP) is 3.88. The molecule has 0 spiro atoms. The molecule has 0 amide bonds. The van der Waals surface area contributed by atoms with Crippen molar-refractivity contribution < 1.29 is 13.5 Å². The molecule has 0 bridgehead atoms. The van der Waals surface area contributed by atoms with Crippen molar-refractivity contribution in [3.05, 3.63) is 39.9 Å². The van der Waals surface area contributed by atoms with Crippen molar-refractivity contribution in [2.24, 2.45) is 0 Å². The van der Waals surface area contributed by atoms with E-state index in [-0.39, 0.29) is 36.1 Å². The molecule has 2 aliphatic heterocycles. The molecule has 4 rings (SSSR count). The maximum absolute atomic E-state index is 14.1. The minimum atomic E-state index is -2.63. The van der Waals surface area contributed by atoms with E-state index < -0.39 is 11.5 Å². The van der Waals surface area contributed by atoms with Gasteiger partial charge in [-0.15, -0.1) is 0 Å². The number of anilines is 2. The summed E-state index contributed by atoms with van der Waals surface area (Å²) in [5, 5.41) is 6.24. The van der Waals surface area contributed by atoms with E-state index in [4.69, 9.17) is 16.3 Å². The fraction of sp³-hybridized carbons (Fsp3) is 0.571. The first-order valence-electron chi connectivity index (χ1n) is 10.5. The Kier molecular flexibility index (Phi) is 6.05. The topological polar surface area (TPSA) is 74.3 Å². The molecule has 7 nitrogen and oxygen atoms in total. The average molecular weight is 454 g/mol. The molecular weight excluding hydrogens is 428 g/mol. The van der Waals surface area contributed by atoms with Gasteiger partial charge < -0.3 is 14.5 Å². The quantitative estimate of drug-likeness (QED) is 0.740. The Labute approximate surface area is 184 Å². The normalized spacial score (nSPS) is 25.6. The van der Waals surface area contributed by atoms with Gasteiger partial charge in [-0.1, -0.05) is 18.5 Å². The van der Waals surface area contributed by atoms with Crippen LogP contribution in [0.15, 0.2) is 29.3 Å². The highest BCUT2D eigenvalue weighted by Crippen LogP contribution is 2.39. The van der Waals surface area contributed by atoms with Gasteiger partial charge in [-0.3, -0.25) is 4.79 Å². The molecule has 2 aromatic heterocycles. The average Bonchev–Trinajstić information content (AvgIpc) is 3.17. The monoisotopic (exact) mass is 453 g/mol. The first-order chi connectivity index (χ1) is 14.8. The highest BCUT2D eigenvalue weighted by molar-refractivity contribution is 6.33. The van der Waals surface area contributed by atoms with Gasteiger partial charge in [-0.2, -0.15) is 5.10 Å². The third kappa shape index (κ3) is 4.61. The van der Waals surface area contributed by atoms with Crippen molar-refractivity contribution in [3.63, 3.8) is 0 Å². The maximum Gasteiger partial charge on any atom is 0.285 e. The number of hydrogen-bond acceptors (Lipinski definition) is 6. The molecule has 0 aliphatic carbocycles. The first-order valence-corrected chi connectivity index (χ1v) is 10.9. The molecule has 2 saturated heterocycles. The van der Waals surface area contributed by atoms with Crippen LogP contribution in [0.4, 0.5) is 20.2 Å². The molecule has 10 heteroatoms. The number of aromatic nitrogens is 3. The Morgan fingerprint density at radius 2 is 2.19 bits per heavy atom. The highest BCUT2D eigenvalue weighted by Gasteiger charge is 2.43. The number of nitrogens with zero attached hydrogens (tertiary/aromatic N) is 4. The number of H-pyrrole nitrogens is 1. The summed E-state index contributed by atoms with van der Waals surface area (Å²) in [5.41, 5.74) is 0.994. The molecule has 1 N–H and O–H groups in total. The lowest BCUT2D eigenvalue weighted by Gasteiger charge is -2.45. The Balaban J connectivity index is 1.47. The number of pyridine rings is 1. The van der Waals surface area contributed by atoms with Crippen LogP contribution in [0.2, 0.25) is 5.02 Å². The number of piperidine rings is 1. The summed E-state index contributed by atoms with van der Waals surface area (Å²) in [6, 6.07) is 3.16. The van der Waals surface area contributed by atoms with Crippen LogP contribution in [-0.4, -0.2) is 52.4 Å². The summed E-state index contributed by atoms with van der Waals surface area (Å²) >= 11 is 6.11. The van der Waals surface area contributed by atoms with Gasteiger partial charge >= 0.3 is 0 Å². The highest BCUT2D eigenvalue weighted by atomic mass is 35.5. The molecule has 2 unspecified atom stereocenters. The molecule has 0 aromatic carbocycles. The van der Waals surface area contributed by atoms with Gasteiger partial charge in [0, 0.05) is 55.8 Å². The fourth-order valence-electron chi connectivity index (χ4n) is 4.66. The molecule has 168 valence electrons. The SMILES string of the molecule is CCC1CC(F)(F)CC(C)N1c1ccnc(O[C@@H]2CCN(c3cn[nH]c(=O)c3Cl)C2)c1. The van der Waals surface area contributed by atoms with E-state index in [0.29, 0.717) is 31.1 Å². The van der Waals surface area contributed by atoms with Crippen LogP contribution in [0, 0.1) is 0 Å². The summed E-state index contributed by atoms with van der Waals surface area (Å²) in [7, 11) is 0. The van der Waals surface area contributed by atoms with Gasteiger partial charge in [0.2, 0.25) is 5.88 Å². The molecular formula is C21H26ClF2N5O2. The van der Waals surface area contributed by atoms with E-state index in [1.165, 1.54) is 6.20 Å². The number of rotatable bonds is 5. The number of alkyl halides is 2. The van der Waals surface area contributed by atoms with Crippen LogP contribution < -0.4 is 20.1 Å². The molecule has 2 aromatic rings. The van der Waals surface area contributed by atoms with E-state index in [1.807, 2.05) is 30.9 Å². The van der Waals surface area contributed by atoms with Gasteiger partial charge in [-0.05, 0) is 19.4 Å². The van der Waals surface area contributed by atoms with E-state index in [1.54, 1.807) is 6.20 Å². The van der Waals surface area contributed by atoms with Gasteiger partial charge in [0.05, 0.1) is 18.4 Å². The van der Waals surface area contributed by atoms with Crippen LogP contribution in [0.1, 0.15) is 39.5 Å². The maximum atomic E-state index is 14.1. The third-order valence-corrected chi connectivity index (χ3v) is 6.40. The van der Waals surface area contributed by atoms with E-state index in [9.17, 15) is 13.6 Å². The summed E-state index contributed by atoms with van der Waals surface area (Å²) in [5.74, 6) is -2.18. The van der Waals surface area contributed by atoms with E-state index in [2.05, 4.69) is 20.1 Å². The molecule has 4 heterocycles. The summed E-state index contributed by atoms with van der Waals surface area (Å²) in [6.45, 7) is 4.99. The number of halogens is 3. The molecule has 3 atom stereocenters. The van der Waals surface area contributed by atoms with Crippen molar-refractivity contribution in [3.8, 4) is 5.88 Å². The standard InChI is InChI=1S/C21H26ClF2N5O2/c1-3-14-10-21(23,24)9-13(2)29(14)15-4-6-25-18(8-15)31-16-5-7-28(12-16)17-11-26-27-20(30)19(17)22/h4,6,8,11,13-14,16H,3,5,7,9-10,12H2,1-2H3,(H,27,30)/t13?,14?,16-/m1/s1. The Morgan fingerprint density at radius 1 is 1.39 bits per heavy atom. The second kappa shape index (κ2) is 8.61. The lowest BCUT2D eigenvalue weighted by atomic mass is 9.91. The largest absolute Gasteiger partial charge is 0.472 e. The second-order valence-electron chi connectivity index (χ2n) is 8.31. The number of hydrogen-bond donors (Lipinski definition) is 1. The van der Waals surface area contributed by atoms with Gasteiger partial charge in [0.1, 0.15) is 11.1 Å². The molecule has 2 aliphatic rings. The van der Waals surface area contributed by atoms with Crippen molar-refractivity contribution in [2.75, 3.05) is 22.9 Å². The third-order valence-electron chi connectivity index (χ3n) is 6.03. The zero-order chi connectivity index (χ0) is 22.2. The minimum Gasteiger partial charge on any atom is -0.472 e.